The van der Waals surface area contributed by atoms with E-state index >= 15 is 0 Å². The molecule has 3 nitrogen and oxygen atoms in total. The number of nitrogens with one attached hydrogen (secondary N) is 2. The molecule has 0 atom stereocenters. The second kappa shape index (κ2) is 3.64. The number of halogens is 1. The fourth-order valence-corrected chi connectivity index (χ4v) is 1.43. The van der Waals surface area contributed by atoms with Crippen molar-refractivity contribution in [2.75, 3.05) is 18.4 Å². The normalized spacial score (nSPS) is 16.8. The van der Waals surface area contributed by atoms with Gasteiger partial charge in [0.2, 0.25) is 0 Å². The largest absolute Gasteiger partial charge is 0.365 e. The lowest BCUT2D eigenvalue weighted by molar-refractivity contribution is 0.471. The lowest BCUT2D eigenvalue weighted by Crippen LogP contribution is -2.51. The van der Waals surface area contributed by atoms with E-state index < -0.39 is 0 Å². The highest BCUT2D eigenvalue weighted by atomic mass is 79.9. The first-order valence-electron chi connectivity index (χ1n) is 4.35. The molecule has 4 heteroatoms. The van der Waals surface area contributed by atoms with E-state index in [1.54, 1.807) is 0 Å². The monoisotopic (exact) mass is 241 g/mol. The molecule has 1 aliphatic rings. The van der Waals surface area contributed by atoms with Crippen molar-refractivity contribution < 1.29 is 0 Å². The third kappa shape index (κ3) is 2.00. The lowest BCUT2D eigenvalue weighted by Gasteiger charge is -2.28. The average Bonchev–Trinajstić information content (AvgIpc) is 2.04. The number of hydrogen-bond acceptors (Lipinski definition) is 3. The molecular formula is C9H12BrN3. The van der Waals surface area contributed by atoms with Crippen LogP contribution in [0.4, 0.5) is 5.82 Å². The number of pyridine rings is 1. The van der Waals surface area contributed by atoms with Crippen LogP contribution in [0, 0.1) is 6.92 Å². The van der Waals surface area contributed by atoms with E-state index in [1.165, 1.54) is 5.56 Å². The van der Waals surface area contributed by atoms with Crippen LogP contribution < -0.4 is 10.6 Å². The summed E-state index contributed by atoms with van der Waals surface area (Å²) in [7, 11) is 0. The highest BCUT2D eigenvalue weighted by Gasteiger charge is 2.16. The Hall–Kier alpha value is -0.610. The molecule has 0 aliphatic carbocycles. The third-order valence-corrected chi connectivity index (χ3v) is 3.01. The number of rotatable bonds is 2. The second-order valence-corrected chi connectivity index (χ2v) is 4.17. The van der Waals surface area contributed by atoms with Gasteiger partial charge in [-0.05, 0) is 34.5 Å². The molecule has 70 valence electrons. The van der Waals surface area contributed by atoms with Crippen molar-refractivity contribution in [3.8, 4) is 0 Å². The highest BCUT2D eigenvalue weighted by Crippen LogP contribution is 2.17. The van der Waals surface area contributed by atoms with Crippen molar-refractivity contribution in [2.24, 2.45) is 0 Å². The molecule has 0 bridgehead atoms. The van der Waals surface area contributed by atoms with Crippen molar-refractivity contribution in [3.05, 3.63) is 22.3 Å². The Morgan fingerprint density at radius 3 is 2.92 bits per heavy atom. The number of aryl methyl sites for hydroxylation is 1. The van der Waals surface area contributed by atoms with Crippen molar-refractivity contribution in [2.45, 2.75) is 13.0 Å². The Morgan fingerprint density at radius 1 is 1.62 bits per heavy atom. The summed E-state index contributed by atoms with van der Waals surface area (Å²) in [6, 6.07) is 2.61. The van der Waals surface area contributed by atoms with Gasteiger partial charge in [0.05, 0.1) is 6.04 Å². The summed E-state index contributed by atoms with van der Waals surface area (Å²) in [4.78, 5) is 4.28. The first kappa shape index (κ1) is 8.97. The van der Waals surface area contributed by atoms with Gasteiger partial charge in [-0.15, -0.1) is 0 Å². The van der Waals surface area contributed by atoms with Gasteiger partial charge in [-0.3, -0.25) is 0 Å². The summed E-state index contributed by atoms with van der Waals surface area (Å²) in [6.45, 7) is 4.14. The molecule has 0 amide bonds. The Kier molecular flexibility index (Phi) is 2.51. The van der Waals surface area contributed by atoms with Crippen molar-refractivity contribution in [3.63, 3.8) is 0 Å². The zero-order chi connectivity index (χ0) is 9.26. The minimum absolute atomic E-state index is 0.549. The van der Waals surface area contributed by atoms with Gasteiger partial charge >= 0.3 is 0 Å². The van der Waals surface area contributed by atoms with E-state index in [0.29, 0.717) is 6.04 Å². The number of hydrogen-bond donors (Lipinski definition) is 2. The molecule has 0 saturated carbocycles. The molecule has 0 spiro atoms. The molecular weight excluding hydrogens is 230 g/mol. The molecule has 2 N–H and O–H groups in total. The molecule has 1 fully saturated rings. The predicted molar refractivity (Wildman–Crippen MR) is 57.0 cm³/mol. The molecule has 0 radical (unpaired) electrons. The van der Waals surface area contributed by atoms with Crippen molar-refractivity contribution in [1.29, 1.82) is 0 Å². The first-order chi connectivity index (χ1) is 6.25. The van der Waals surface area contributed by atoms with Crippen LogP contribution in [0.1, 0.15) is 5.56 Å². The lowest BCUT2D eigenvalue weighted by atomic mass is 10.2. The van der Waals surface area contributed by atoms with Crippen molar-refractivity contribution in [1.82, 2.24) is 10.3 Å². The van der Waals surface area contributed by atoms with Gasteiger partial charge in [0.25, 0.3) is 0 Å². The minimum atomic E-state index is 0.549. The molecule has 1 saturated heterocycles. The van der Waals surface area contributed by atoms with Gasteiger partial charge < -0.3 is 10.6 Å². The van der Waals surface area contributed by atoms with E-state index in [9.17, 15) is 0 Å². The summed E-state index contributed by atoms with van der Waals surface area (Å²) in [5, 5.41) is 6.56. The number of anilines is 1. The maximum atomic E-state index is 4.28. The molecule has 0 aromatic carbocycles. The summed E-state index contributed by atoms with van der Waals surface area (Å²) in [5.74, 6) is 0.965. The Bertz CT molecular complexity index is 310. The van der Waals surface area contributed by atoms with E-state index in [4.69, 9.17) is 0 Å². The van der Waals surface area contributed by atoms with Gasteiger partial charge in [-0.1, -0.05) is 0 Å². The number of aromatic nitrogens is 1. The molecule has 1 aliphatic heterocycles. The topological polar surface area (TPSA) is 37.0 Å². The standard InChI is InChI=1S/C9H12BrN3/c1-6-2-9(12-5-8(6)10)13-7-3-11-4-7/h2,5,7,11H,3-4H2,1H3,(H,12,13). The Labute approximate surface area is 86.1 Å². The van der Waals surface area contributed by atoms with Gasteiger partial charge in [0.15, 0.2) is 0 Å². The van der Waals surface area contributed by atoms with Crippen LogP contribution in [0.2, 0.25) is 0 Å². The van der Waals surface area contributed by atoms with Crippen LogP contribution in [0.15, 0.2) is 16.7 Å². The molecule has 13 heavy (non-hydrogen) atoms. The molecule has 0 unspecified atom stereocenters. The quantitative estimate of drug-likeness (QED) is 0.825. The van der Waals surface area contributed by atoms with Gasteiger partial charge in [-0.25, -0.2) is 4.98 Å². The van der Waals surface area contributed by atoms with Crippen LogP contribution in [0.5, 0.6) is 0 Å². The zero-order valence-corrected chi connectivity index (χ0v) is 9.06. The second-order valence-electron chi connectivity index (χ2n) is 3.32. The van der Waals surface area contributed by atoms with Crippen LogP contribution in [-0.2, 0) is 0 Å². The number of nitrogens with zero attached hydrogens (tertiary/aromatic N) is 1. The van der Waals surface area contributed by atoms with Crippen LogP contribution >= 0.6 is 15.9 Å². The zero-order valence-electron chi connectivity index (χ0n) is 7.47. The van der Waals surface area contributed by atoms with Gasteiger partial charge in [-0.2, -0.15) is 0 Å². The average molecular weight is 242 g/mol. The molecule has 2 rings (SSSR count). The van der Waals surface area contributed by atoms with Crippen LogP contribution in [0.25, 0.3) is 0 Å². The smallest absolute Gasteiger partial charge is 0.126 e. The molecule has 1 aromatic rings. The van der Waals surface area contributed by atoms with E-state index in [1.807, 2.05) is 6.20 Å². The van der Waals surface area contributed by atoms with Crippen molar-refractivity contribution >= 4 is 21.7 Å². The predicted octanol–water partition coefficient (Wildman–Crippen LogP) is 1.54. The summed E-state index contributed by atoms with van der Waals surface area (Å²) in [5.41, 5.74) is 1.21. The summed E-state index contributed by atoms with van der Waals surface area (Å²) >= 11 is 3.42. The van der Waals surface area contributed by atoms with Crippen LogP contribution in [0.3, 0.4) is 0 Å². The fourth-order valence-electron chi connectivity index (χ4n) is 1.22. The summed E-state index contributed by atoms with van der Waals surface area (Å²) < 4.78 is 1.06. The highest BCUT2D eigenvalue weighted by molar-refractivity contribution is 9.10. The summed E-state index contributed by atoms with van der Waals surface area (Å²) in [6.07, 6.45) is 1.84. The maximum absolute atomic E-state index is 4.28. The third-order valence-electron chi connectivity index (χ3n) is 2.18. The minimum Gasteiger partial charge on any atom is -0.365 e. The Morgan fingerprint density at radius 2 is 2.38 bits per heavy atom. The van der Waals surface area contributed by atoms with E-state index in [-0.39, 0.29) is 0 Å². The molecule has 1 aromatic heterocycles. The van der Waals surface area contributed by atoms with E-state index in [2.05, 4.69) is 44.5 Å². The Balaban J connectivity index is 2.07. The molecule has 2 heterocycles. The SMILES string of the molecule is Cc1cc(NC2CNC2)ncc1Br. The van der Waals surface area contributed by atoms with Gasteiger partial charge in [0.1, 0.15) is 5.82 Å². The maximum Gasteiger partial charge on any atom is 0.126 e. The van der Waals surface area contributed by atoms with E-state index in [0.717, 1.165) is 23.4 Å². The van der Waals surface area contributed by atoms with Crippen LogP contribution in [-0.4, -0.2) is 24.1 Å². The fraction of sp³-hybridized carbons (Fsp3) is 0.444. The van der Waals surface area contributed by atoms with Gasteiger partial charge in [0, 0.05) is 23.8 Å². The first-order valence-corrected chi connectivity index (χ1v) is 5.14.